The molecule has 0 radical (unpaired) electrons. The van der Waals surface area contributed by atoms with Crippen molar-refractivity contribution in [2.24, 2.45) is 0 Å². The van der Waals surface area contributed by atoms with E-state index in [1.54, 1.807) is 24.3 Å². The number of benzene rings is 3. The summed E-state index contributed by atoms with van der Waals surface area (Å²) in [5, 5.41) is 18.6. The van der Waals surface area contributed by atoms with Gasteiger partial charge in [-0.2, -0.15) is 27.3 Å². The highest BCUT2D eigenvalue weighted by Gasteiger charge is 2.33. The second-order valence-corrected chi connectivity index (χ2v) is 12.2. The summed E-state index contributed by atoms with van der Waals surface area (Å²) in [6, 6.07) is 14.0. The molecule has 248 valence electrons. The Bertz CT molecular complexity index is 1910. The molecule has 47 heavy (non-hydrogen) atoms. The molecule has 1 aromatic heterocycles. The molecule has 4 aromatic rings. The van der Waals surface area contributed by atoms with E-state index in [4.69, 9.17) is 14.2 Å². The van der Waals surface area contributed by atoms with E-state index in [0.29, 0.717) is 11.4 Å². The zero-order valence-corrected chi connectivity index (χ0v) is 25.8. The van der Waals surface area contributed by atoms with Crippen molar-refractivity contribution in [1.82, 2.24) is 19.4 Å². The summed E-state index contributed by atoms with van der Waals surface area (Å²) in [5.74, 6) is -0.599. The van der Waals surface area contributed by atoms with Crippen molar-refractivity contribution in [2.75, 3.05) is 33.4 Å². The normalized spacial score (nSPS) is 14.1. The Morgan fingerprint density at radius 2 is 1.79 bits per heavy atom. The number of carbonyl (C=O) groups excluding carboxylic acids is 1. The largest absolute Gasteiger partial charge is 0.497 e. The van der Waals surface area contributed by atoms with Crippen LogP contribution in [0.4, 0.5) is 18.9 Å². The van der Waals surface area contributed by atoms with Gasteiger partial charge in [0.15, 0.2) is 5.69 Å². The molecule has 13 nitrogen and oxygen atoms in total. The van der Waals surface area contributed by atoms with Crippen LogP contribution in [0, 0.1) is 17.0 Å². The lowest BCUT2D eigenvalue weighted by molar-refractivity contribution is -0.385. The topological polar surface area (TPSA) is 155 Å². The van der Waals surface area contributed by atoms with Crippen LogP contribution in [0.3, 0.4) is 0 Å². The van der Waals surface area contributed by atoms with Crippen LogP contribution in [0.25, 0.3) is 5.69 Å². The van der Waals surface area contributed by atoms with Gasteiger partial charge < -0.3 is 19.5 Å². The van der Waals surface area contributed by atoms with Crippen LogP contribution in [0.5, 0.6) is 17.4 Å². The number of morpholine rings is 1. The maximum Gasteiger partial charge on any atom is 0.416 e. The molecule has 3 aromatic carbocycles. The Hall–Kier alpha value is -5.00. The second kappa shape index (κ2) is 13.4. The van der Waals surface area contributed by atoms with Gasteiger partial charge in [-0.15, -0.1) is 0 Å². The minimum absolute atomic E-state index is 0.0173. The fraction of sp³-hybridized carbons (Fsp3) is 0.267. The lowest BCUT2D eigenvalue weighted by Gasteiger charge is -2.26. The first-order chi connectivity index (χ1) is 22.3. The number of non-ortho nitro benzene ring substituents is 1. The first kappa shape index (κ1) is 33.4. The fourth-order valence-electron chi connectivity index (χ4n) is 4.76. The van der Waals surface area contributed by atoms with Gasteiger partial charge in [0.2, 0.25) is 15.9 Å². The third-order valence-electron chi connectivity index (χ3n) is 7.24. The number of nitrogens with zero attached hydrogens (tertiary/aromatic N) is 4. The average Bonchev–Trinajstić information content (AvgIpc) is 3.39. The SMILES string of the molecule is COc1ccc(-n2nc(C(=O)NCc3cccc(C(F)(F)F)c3)c(C)c2Oc2ccc([N+](=O)[O-])cc2S(=O)(=O)N2CCOCC2)cc1. The van der Waals surface area contributed by atoms with Gasteiger partial charge in [0.1, 0.15) is 16.4 Å². The molecule has 1 saturated heterocycles. The lowest BCUT2D eigenvalue weighted by Crippen LogP contribution is -2.40. The number of nitro benzene ring substituents is 1. The standard InChI is InChI=1S/C30H28F3N5O8S/c1-19-27(28(39)34-18-20-4-3-5-21(16-20)30(31,32)33)35-37(22-6-9-24(44-2)10-7-22)29(19)46-25-11-8-23(38(40)41)17-26(25)47(42,43)36-12-14-45-15-13-36/h3-11,16-17H,12-15,18H2,1-2H3,(H,34,39). The molecular weight excluding hydrogens is 647 g/mol. The third-order valence-corrected chi connectivity index (χ3v) is 9.16. The van der Waals surface area contributed by atoms with Crippen molar-refractivity contribution in [3.8, 4) is 23.1 Å². The average molecular weight is 676 g/mol. The number of hydrogen-bond donors (Lipinski definition) is 1. The van der Waals surface area contributed by atoms with E-state index in [1.165, 1.54) is 30.8 Å². The van der Waals surface area contributed by atoms with Crippen LogP contribution in [0.2, 0.25) is 0 Å². The van der Waals surface area contributed by atoms with Crippen LogP contribution in [0.1, 0.15) is 27.2 Å². The van der Waals surface area contributed by atoms with Crippen molar-refractivity contribution in [3.05, 3.63) is 99.2 Å². The number of nitrogens with one attached hydrogen (secondary N) is 1. The van der Waals surface area contributed by atoms with E-state index in [0.717, 1.165) is 34.6 Å². The Morgan fingerprint density at radius 3 is 2.43 bits per heavy atom. The number of carbonyl (C=O) groups is 1. The minimum atomic E-state index is -4.56. The van der Waals surface area contributed by atoms with Gasteiger partial charge in [-0.05, 0) is 55.0 Å². The summed E-state index contributed by atoms with van der Waals surface area (Å²) in [7, 11) is -2.84. The van der Waals surface area contributed by atoms with E-state index in [1.807, 2.05) is 0 Å². The number of rotatable bonds is 10. The summed E-state index contributed by atoms with van der Waals surface area (Å²) in [6.45, 7) is 1.54. The number of amides is 1. The molecule has 0 aliphatic carbocycles. The molecule has 0 saturated carbocycles. The molecule has 2 heterocycles. The van der Waals surface area contributed by atoms with Crippen LogP contribution in [-0.2, 0) is 27.5 Å². The first-order valence-corrected chi connectivity index (χ1v) is 15.5. The highest BCUT2D eigenvalue weighted by atomic mass is 32.2. The van der Waals surface area contributed by atoms with Crippen LogP contribution in [0.15, 0.2) is 71.6 Å². The van der Waals surface area contributed by atoms with Gasteiger partial charge >= 0.3 is 6.18 Å². The summed E-state index contributed by atoms with van der Waals surface area (Å²) in [5.41, 5.74) is -0.802. The Balaban J connectivity index is 1.55. The van der Waals surface area contributed by atoms with Crippen molar-refractivity contribution in [1.29, 1.82) is 0 Å². The van der Waals surface area contributed by atoms with Crippen LogP contribution < -0.4 is 14.8 Å². The number of methoxy groups -OCH3 is 1. The molecule has 5 rings (SSSR count). The second-order valence-electron chi connectivity index (χ2n) is 10.3. The van der Waals surface area contributed by atoms with Gasteiger partial charge in [0.25, 0.3) is 11.6 Å². The number of nitro groups is 1. The van der Waals surface area contributed by atoms with Gasteiger partial charge in [-0.1, -0.05) is 12.1 Å². The van der Waals surface area contributed by atoms with Crippen molar-refractivity contribution in [3.63, 3.8) is 0 Å². The van der Waals surface area contributed by atoms with Gasteiger partial charge in [-0.25, -0.2) is 8.42 Å². The molecule has 1 N–H and O–H groups in total. The third kappa shape index (κ3) is 7.21. The highest BCUT2D eigenvalue weighted by Crippen LogP contribution is 2.37. The molecule has 17 heteroatoms. The van der Waals surface area contributed by atoms with Gasteiger partial charge in [-0.3, -0.25) is 14.9 Å². The monoisotopic (exact) mass is 675 g/mol. The summed E-state index contributed by atoms with van der Waals surface area (Å²) in [6.07, 6.45) is -4.56. The van der Waals surface area contributed by atoms with Crippen molar-refractivity contribution < 1.29 is 45.5 Å². The predicted octanol–water partition coefficient (Wildman–Crippen LogP) is 4.86. The molecule has 1 aliphatic rings. The molecular formula is C30H28F3N5O8S. The van der Waals surface area contributed by atoms with Crippen molar-refractivity contribution in [2.45, 2.75) is 24.5 Å². The molecule has 0 unspecified atom stereocenters. The molecule has 0 spiro atoms. The van der Waals surface area contributed by atoms with E-state index in [9.17, 15) is 36.5 Å². The van der Waals surface area contributed by atoms with Crippen LogP contribution >= 0.6 is 0 Å². The predicted molar refractivity (Wildman–Crippen MR) is 160 cm³/mol. The molecule has 0 atom stereocenters. The zero-order chi connectivity index (χ0) is 33.9. The summed E-state index contributed by atoms with van der Waals surface area (Å²) >= 11 is 0. The number of hydrogen-bond acceptors (Lipinski definition) is 9. The summed E-state index contributed by atoms with van der Waals surface area (Å²) < 4.78 is 85.9. The van der Waals surface area contributed by atoms with Gasteiger partial charge in [0, 0.05) is 37.3 Å². The Labute approximate surface area is 266 Å². The zero-order valence-electron chi connectivity index (χ0n) is 25.0. The van der Waals surface area contributed by atoms with Crippen LogP contribution in [-0.4, -0.2) is 66.7 Å². The molecule has 1 amide bonds. The Kier molecular flexibility index (Phi) is 9.50. The maximum absolute atomic E-state index is 13.7. The number of alkyl halides is 3. The minimum Gasteiger partial charge on any atom is -0.497 e. The first-order valence-electron chi connectivity index (χ1n) is 14.0. The number of halogens is 3. The van der Waals surface area contributed by atoms with E-state index in [2.05, 4.69) is 10.4 Å². The number of aromatic nitrogens is 2. The molecule has 1 fully saturated rings. The quantitative estimate of drug-likeness (QED) is 0.183. The van der Waals surface area contributed by atoms with E-state index < -0.39 is 43.2 Å². The maximum atomic E-state index is 13.7. The number of ether oxygens (including phenoxy) is 3. The number of sulfonamides is 1. The van der Waals surface area contributed by atoms with E-state index in [-0.39, 0.29) is 61.3 Å². The Morgan fingerprint density at radius 1 is 1.09 bits per heavy atom. The lowest BCUT2D eigenvalue weighted by atomic mass is 10.1. The molecule has 0 bridgehead atoms. The smallest absolute Gasteiger partial charge is 0.416 e. The van der Waals surface area contributed by atoms with Crippen molar-refractivity contribution >= 4 is 21.6 Å². The summed E-state index contributed by atoms with van der Waals surface area (Å²) in [4.78, 5) is 23.7. The highest BCUT2D eigenvalue weighted by molar-refractivity contribution is 7.89. The van der Waals surface area contributed by atoms with Gasteiger partial charge in [0.05, 0.1) is 36.5 Å². The fourth-order valence-corrected chi connectivity index (χ4v) is 6.31. The molecule has 1 aliphatic heterocycles. The van der Waals surface area contributed by atoms with E-state index >= 15 is 0 Å².